The van der Waals surface area contributed by atoms with Crippen LogP contribution in [0.1, 0.15) is 18.9 Å². The topological polar surface area (TPSA) is 51.1 Å². The lowest BCUT2D eigenvalue weighted by Gasteiger charge is -2.08. The molecule has 4 rings (SSSR count). The van der Waals surface area contributed by atoms with E-state index in [0.717, 1.165) is 15.9 Å². The van der Waals surface area contributed by atoms with E-state index in [2.05, 4.69) is 29.6 Å². The predicted octanol–water partition coefficient (Wildman–Crippen LogP) is 4.81. The predicted molar refractivity (Wildman–Crippen MR) is 113 cm³/mol. The molecule has 0 spiro atoms. The SMILES string of the molecule is CCn1c(=O)sc2cc(NC(=O)CCc3cccc4ccccc34)ccc21. The van der Waals surface area contributed by atoms with Crippen molar-refractivity contribution in [1.29, 1.82) is 0 Å². The summed E-state index contributed by atoms with van der Waals surface area (Å²) in [5.74, 6) is -0.0236. The molecule has 4 nitrogen and oxygen atoms in total. The van der Waals surface area contributed by atoms with Gasteiger partial charge in [-0.2, -0.15) is 0 Å². The Kier molecular flexibility index (Phi) is 4.77. The summed E-state index contributed by atoms with van der Waals surface area (Å²) >= 11 is 1.21. The van der Waals surface area contributed by atoms with Gasteiger partial charge in [0.05, 0.1) is 10.2 Å². The molecule has 27 heavy (non-hydrogen) atoms. The fraction of sp³-hybridized carbons (Fsp3) is 0.182. The highest BCUT2D eigenvalue weighted by Crippen LogP contribution is 2.23. The number of aryl methyl sites for hydroxylation is 2. The van der Waals surface area contributed by atoms with Crippen molar-refractivity contribution in [2.75, 3.05) is 5.32 Å². The number of hydrogen-bond donors (Lipinski definition) is 1. The number of fused-ring (bicyclic) bond motifs is 2. The molecule has 0 aliphatic heterocycles. The summed E-state index contributed by atoms with van der Waals surface area (Å²) in [6.07, 6.45) is 1.10. The highest BCUT2D eigenvalue weighted by atomic mass is 32.1. The number of aromatic nitrogens is 1. The number of hydrogen-bond acceptors (Lipinski definition) is 3. The molecular weight excluding hydrogens is 356 g/mol. The number of thiazole rings is 1. The van der Waals surface area contributed by atoms with Crippen LogP contribution in [0.25, 0.3) is 21.0 Å². The molecule has 0 radical (unpaired) electrons. The maximum atomic E-state index is 12.4. The fourth-order valence-electron chi connectivity index (χ4n) is 3.43. The minimum Gasteiger partial charge on any atom is -0.326 e. The van der Waals surface area contributed by atoms with Crippen molar-refractivity contribution in [3.05, 3.63) is 75.9 Å². The Morgan fingerprint density at radius 2 is 1.89 bits per heavy atom. The third kappa shape index (κ3) is 3.51. The first kappa shape index (κ1) is 17.5. The molecule has 0 fully saturated rings. The molecule has 1 N–H and O–H groups in total. The Labute approximate surface area is 161 Å². The van der Waals surface area contributed by atoms with Crippen molar-refractivity contribution >= 4 is 43.9 Å². The van der Waals surface area contributed by atoms with Crippen LogP contribution in [0.15, 0.2) is 65.5 Å². The third-order valence-corrected chi connectivity index (χ3v) is 5.71. The zero-order valence-electron chi connectivity index (χ0n) is 15.1. The average molecular weight is 376 g/mol. The number of anilines is 1. The molecule has 0 atom stereocenters. The fourth-order valence-corrected chi connectivity index (χ4v) is 4.42. The number of carbonyl (C=O) groups is 1. The molecule has 3 aromatic carbocycles. The molecule has 1 heterocycles. The van der Waals surface area contributed by atoms with Crippen LogP contribution >= 0.6 is 11.3 Å². The van der Waals surface area contributed by atoms with Crippen LogP contribution in [0, 0.1) is 0 Å². The zero-order chi connectivity index (χ0) is 18.8. The van der Waals surface area contributed by atoms with Crippen molar-refractivity contribution in [3.8, 4) is 0 Å². The van der Waals surface area contributed by atoms with Gasteiger partial charge in [0.15, 0.2) is 0 Å². The summed E-state index contributed by atoms with van der Waals surface area (Å²) in [6, 6.07) is 20.1. The molecule has 136 valence electrons. The molecule has 0 saturated carbocycles. The number of rotatable bonds is 5. The first-order chi connectivity index (χ1) is 13.2. The van der Waals surface area contributed by atoms with Crippen molar-refractivity contribution in [2.24, 2.45) is 0 Å². The number of nitrogens with zero attached hydrogens (tertiary/aromatic N) is 1. The quantitative estimate of drug-likeness (QED) is 0.543. The molecule has 0 saturated heterocycles. The van der Waals surface area contributed by atoms with E-state index >= 15 is 0 Å². The molecular formula is C22H20N2O2S. The lowest BCUT2D eigenvalue weighted by Crippen LogP contribution is -2.12. The van der Waals surface area contributed by atoms with Gasteiger partial charge in [-0.25, -0.2) is 0 Å². The van der Waals surface area contributed by atoms with Crippen molar-refractivity contribution in [2.45, 2.75) is 26.3 Å². The van der Waals surface area contributed by atoms with Crippen LogP contribution < -0.4 is 10.2 Å². The normalized spacial score (nSPS) is 11.1. The Hall–Kier alpha value is -2.92. The summed E-state index contributed by atoms with van der Waals surface area (Å²) in [7, 11) is 0. The summed E-state index contributed by atoms with van der Waals surface area (Å²) in [4.78, 5) is 24.4. The Bertz CT molecular complexity index is 1180. The maximum absolute atomic E-state index is 12.4. The third-order valence-electron chi connectivity index (χ3n) is 4.77. The van der Waals surface area contributed by atoms with Gasteiger partial charge in [0, 0.05) is 18.7 Å². The van der Waals surface area contributed by atoms with Crippen LogP contribution in [-0.2, 0) is 17.8 Å². The number of carbonyl (C=O) groups excluding carboxylic acids is 1. The van der Waals surface area contributed by atoms with E-state index in [9.17, 15) is 9.59 Å². The van der Waals surface area contributed by atoms with Crippen LogP contribution in [-0.4, -0.2) is 10.5 Å². The molecule has 1 amide bonds. The number of benzene rings is 3. The van der Waals surface area contributed by atoms with Gasteiger partial charge in [-0.1, -0.05) is 53.8 Å². The second kappa shape index (κ2) is 7.37. The first-order valence-corrected chi connectivity index (χ1v) is 9.87. The summed E-state index contributed by atoms with van der Waals surface area (Å²) in [5, 5.41) is 5.34. The monoisotopic (exact) mass is 376 g/mol. The number of nitrogens with one attached hydrogen (secondary N) is 1. The second-order valence-corrected chi connectivity index (χ2v) is 7.47. The first-order valence-electron chi connectivity index (χ1n) is 9.05. The van der Waals surface area contributed by atoms with Gasteiger partial charge in [0.1, 0.15) is 0 Å². The van der Waals surface area contributed by atoms with Gasteiger partial charge in [0.2, 0.25) is 5.91 Å². The Balaban J connectivity index is 1.48. The lowest BCUT2D eigenvalue weighted by molar-refractivity contribution is -0.116. The van der Waals surface area contributed by atoms with Crippen LogP contribution in [0.4, 0.5) is 5.69 Å². The average Bonchev–Trinajstić information content (AvgIpc) is 3.00. The highest BCUT2D eigenvalue weighted by molar-refractivity contribution is 7.16. The minimum absolute atomic E-state index is 0.0236. The van der Waals surface area contributed by atoms with E-state index in [4.69, 9.17) is 0 Å². The molecule has 0 bridgehead atoms. The van der Waals surface area contributed by atoms with E-state index in [1.54, 1.807) is 4.57 Å². The van der Waals surface area contributed by atoms with Crippen molar-refractivity contribution in [1.82, 2.24) is 4.57 Å². The molecule has 5 heteroatoms. The van der Waals surface area contributed by atoms with Gasteiger partial charge in [-0.3, -0.25) is 14.2 Å². The lowest BCUT2D eigenvalue weighted by atomic mass is 10.0. The molecule has 1 aromatic heterocycles. The van der Waals surface area contributed by atoms with Crippen molar-refractivity contribution in [3.63, 3.8) is 0 Å². The van der Waals surface area contributed by atoms with Crippen LogP contribution in [0.3, 0.4) is 0 Å². The Morgan fingerprint density at radius 3 is 2.74 bits per heavy atom. The second-order valence-electron chi connectivity index (χ2n) is 6.48. The van der Waals surface area contributed by atoms with Gasteiger partial charge >= 0.3 is 4.87 Å². The Morgan fingerprint density at radius 1 is 1.07 bits per heavy atom. The van der Waals surface area contributed by atoms with E-state index in [1.807, 2.05) is 43.3 Å². The maximum Gasteiger partial charge on any atom is 0.308 e. The van der Waals surface area contributed by atoms with Crippen LogP contribution in [0.5, 0.6) is 0 Å². The molecule has 0 aliphatic rings. The van der Waals surface area contributed by atoms with E-state index in [-0.39, 0.29) is 10.8 Å². The standard InChI is InChI=1S/C22H20N2O2S/c1-2-24-19-12-11-17(14-20(19)27-22(24)26)23-21(25)13-10-16-8-5-7-15-6-3-4-9-18(15)16/h3-9,11-12,14H,2,10,13H2,1H3,(H,23,25). The largest absolute Gasteiger partial charge is 0.326 e. The smallest absolute Gasteiger partial charge is 0.308 e. The summed E-state index contributed by atoms with van der Waals surface area (Å²) < 4.78 is 2.64. The van der Waals surface area contributed by atoms with Crippen molar-refractivity contribution < 1.29 is 4.79 Å². The highest BCUT2D eigenvalue weighted by Gasteiger charge is 2.09. The van der Waals surface area contributed by atoms with Gasteiger partial charge in [-0.15, -0.1) is 0 Å². The zero-order valence-corrected chi connectivity index (χ0v) is 15.9. The van der Waals surface area contributed by atoms with Gasteiger partial charge < -0.3 is 5.32 Å². The number of amides is 1. The summed E-state index contributed by atoms with van der Waals surface area (Å²) in [6.45, 7) is 2.60. The van der Waals surface area contributed by atoms with E-state index < -0.39 is 0 Å². The van der Waals surface area contributed by atoms with E-state index in [1.165, 1.54) is 27.7 Å². The summed E-state index contributed by atoms with van der Waals surface area (Å²) in [5.41, 5.74) is 2.83. The van der Waals surface area contributed by atoms with E-state index in [0.29, 0.717) is 19.4 Å². The van der Waals surface area contributed by atoms with Gasteiger partial charge in [-0.05, 0) is 47.9 Å². The molecule has 0 aliphatic carbocycles. The van der Waals surface area contributed by atoms with Gasteiger partial charge in [0.25, 0.3) is 0 Å². The minimum atomic E-state index is -0.0236. The molecule has 4 aromatic rings. The molecule has 0 unspecified atom stereocenters. The van der Waals surface area contributed by atoms with Crippen LogP contribution in [0.2, 0.25) is 0 Å².